The number of aromatic amines is 1. The zero-order valence-corrected chi connectivity index (χ0v) is 12.8. The molecule has 0 radical (unpaired) electrons. The van der Waals surface area contributed by atoms with Crippen LogP contribution < -0.4 is 0 Å². The first-order valence-corrected chi connectivity index (χ1v) is 7.35. The lowest BCUT2D eigenvalue weighted by Gasteiger charge is -2.25. The van der Waals surface area contributed by atoms with Gasteiger partial charge >= 0.3 is 5.97 Å². The van der Waals surface area contributed by atoms with Crippen molar-refractivity contribution in [3.8, 4) is 0 Å². The Hall–Kier alpha value is -2.56. The van der Waals surface area contributed by atoms with Gasteiger partial charge in [-0.05, 0) is 26.0 Å². The van der Waals surface area contributed by atoms with Gasteiger partial charge in [0.15, 0.2) is 0 Å². The lowest BCUT2D eigenvalue weighted by Crippen LogP contribution is -2.36. The van der Waals surface area contributed by atoms with E-state index in [4.69, 9.17) is 4.74 Å². The molecular weight excluding hydrogens is 280 g/mol. The largest absolute Gasteiger partial charge is 0.443 e. The molecule has 5 heteroatoms. The number of likely N-dealkylation sites (N-methyl/N-ethyl adjacent to an activating group) is 1. The van der Waals surface area contributed by atoms with E-state index in [1.807, 2.05) is 32.0 Å². The Morgan fingerprint density at radius 1 is 1.09 bits per heavy atom. The SMILES string of the molecule is CCN(CC)C(=O)[C@@H](OC(=O)c1ccc[nH]1)c1ccccc1. The molecule has 0 saturated heterocycles. The number of hydrogen-bond donors (Lipinski definition) is 1. The minimum absolute atomic E-state index is 0.212. The van der Waals surface area contributed by atoms with E-state index < -0.39 is 12.1 Å². The van der Waals surface area contributed by atoms with Crippen molar-refractivity contribution in [1.29, 1.82) is 0 Å². The van der Waals surface area contributed by atoms with Crippen molar-refractivity contribution in [3.63, 3.8) is 0 Å². The predicted molar refractivity (Wildman–Crippen MR) is 83.3 cm³/mol. The summed E-state index contributed by atoms with van der Waals surface area (Å²) in [5.41, 5.74) is 0.993. The second-order valence-corrected chi connectivity index (χ2v) is 4.79. The first kappa shape index (κ1) is 15.8. The Morgan fingerprint density at radius 2 is 1.77 bits per heavy atom. The Morgan fingerprint density at radius 3 is 2.32 bits per heavy atom. The Bertz CT molecular complexity index is 604. The van der Waals surface area contributed by atoms with Crippen LogP contribution in [-0.4, -0.2) is 34.8 Å². The quantitative estimate of drug-likeness (QED) is 0.834. The molecule has 22 heavy (non-hydrogen) atoms. The highest BCUT2D eigenvalue weighted by Gasteiger charge is 2.28. The molecule has 0 saturated carbocycles. The van der Waals surface area contributed by atoms with E-state index >= 15 is 0 Å². The minimum atomic E-state index is -0.933. The number of H-pyrrole nitrogens is 1. The van der Waals surface area contributed by atoms with E-state index in [0.29, 0.717) is 24.3 Å². The molecule has 1 atom stereocenters. The number of ether oxygens (including phenoxy) is 1. The fraction of sp³-hybridized carbons (Fsp3) is 0.294. The van der Waals surface area contributed by atoms with E-state index in [-0.39, 0.29) is 5.91 Å². The third-order valence-electron chi connectivity index (χ3n) is 3.44. The van der Waals surface area contributed by atoms with Crippen molar-refractivity contribution >= 4 is 11.9 Å². The maximum absolute atomic E-state index is 12.6. The molecule has 1 aromatic heterocycles. The van der Waals surface area contributed by atoms with Crippen LogP contribution in [0.3, 0.4) is 0 Å². The fourth-order valence-electron chi connectivity index (χ4n) is 2.22. The highest BCUT2D eigenvalue weighted by molar-refractivity contribution is 5.91. The van der Waals surface area contributed by atoms with Crippen LogP contribution in [0.1, 0.15) is 36.0 Å². The standard InChI is InChI=1S/C17H20N2O3/c1-3-19(4-2)16(20)15(13-9-6-5-7-10-13)22-17(21)14-11-8-12-18-14/h5-12,15,18H,3-4H2,1-2H3/t15-/m0/s1. The molecule has 0 aliphatic carbocycles. The number of carbonyl (C=O) groups excluding carboxylic acids is 2. The zero-order chi connectivity index (χ0) is 15.9. The summed E-state index contributed by atoms with van der Waals surface area (Å²) in [6, 6.07) is 12.4. The first-order valence-electron chi connectivity index (χ1n) is 7.35. The van der Waals surface area contributed by atoms with Crippen molar-refractivity contribution in [2.75, 3.05) is 13.1 Å². The number of carbonyl (C=O) groups is 2. The maximum atomic E-state index is 12.6. The van der Waals surface area contributed by atoms with Crippen LogP contribution in [0.2, 0.25) is 0 Å². The average Bonchev–Trinajstić information content (AvgIpc) is 3.09. The molecule has 0 aliphatic rings. The summed E-state index contributed by atoms with van der Waals surface area (Å²) in [6.07, 6.45) is 0.706. The van der Waals surface area contributed by atoms with Gasteiger partial charge in [-0.1, -0.05) is 30.3 Å². The van der Waals surface area contributed by atoms with Crippen LogP contribution in [0, 0.1) is 0 Å². The molecule has 0 bridgehead atoms. The summed E-state index contributed by atoms with van der Waals surface area (Å²) in [7, 11) is 0. The first-order chi connectivity index (χ1) is 10.7. The van der Waals surface area contributed by atoms with E-state index in [1.165, 1.54) is 0 Å². The number of esters is 1. The van der Waals surface area contributed by atoms with Gasteiger partial charge in [0.25, 0.3) is 5.91 Å². The van der Waals surface area contributed by atoms with Crippen LogP contribution in [0.15, 0.2) is 48.7 Å². The predicted octanol–water partition coefficient (Wildman–Crippen LogP) is 2.78. The summed E-state index contributed by atoms with van der Waals surface area (Å²) >= 11 is 0. The van der Waals surface area contributed by atoms with Crippen LogP contribution in [0.4, 0.5) is 0 Å². The second kappa shape index (κ2) is 7.45. The summed E-state index contributed by atoms with van der Waals surface area (Å²) in [5, 5.41) is 0. The number of nitrogens with zero attached hydrogens (tertiary/aromatic N) is 1. The van der Waals surface area contributed by atoms with Gasteiger partial charge in [-0.15, -0.1) is 0 Å². The van der Waals surface area contributed by atoms with Crippen LogP contribution in [-0.2, 0) is 9.53 Å². The molecule has 1 heterocycles. The fourth-order valence-corrected chi connectivity index (χ4v) is 2.22. The van der Waals surface area contributed by atoms with Gasteiger partial charge < -0.3 is 14.6 Å². The summed E-state index contributed by atoms with van der Waals surface area (Å²) in [4.78, 5) is 29.3. The third-order valence-corrected chi connectivity index (χ3v) is 3.44. The van der Waals surface area contributed by atoms with Crippen LogP contribution in [0.5, 0.6) is 0 Å². The van der Waals surface area contributed by atoms with Gasteiger partial charge in [0, 0.05) is 24.8 Å². The second-order valence-electron chi connectivity index (χ2n) is 4.79. The molecule has 2 rings (SSSR count). The van der Waals surface area contributed by atoms with E-state index in [0.717, 1.165) is 0 Å². The molecular formula is C17H20N2O3. The van der Waals surface area contributed by atoms with Gasteiger partial charge in [-0.2, -0.15) is 0 Å². The number of rotatable bonds is 6. The molecule has 116 valence electrons. The molecule has 2 aromatic rings. The average molecular weight is 300 g/mol. The zero-order valence-electron chi connectivity index (χ0n) is 12.8. The molecule has 0 spiro atoms. The van der Waals surface area contributed by atoms with E-state index in [9.17, 15) is 9.59 Å². The Labute approximate surface area is 129 Å². The number of amides is 1. The lowest BCUT2D eigenvalue weighted by molar-refractivity contribution is -0.140. The van der Waals surface area contributed by atoms with Crippen LogP contribution >= 0.6 is 0 Å². The highest BCUT2D eigenvalue weighted by atomic mass is 16.5. The van der Waals surface area contributed by atoms with Gasteiger partial charge in [-0.25, -0.2) is 4.79 Å². The number of nitrogens with one attached hydrogen (secondary N) is 1. The third kappa shape index (κ3) is 3.55. The van der Waals surface area contributed by atoms with Crippen molar-refractivity contribution in [2.45, 2.75) is 20.0 Å². The highest BCUT2D eigenvalue weighted by Crippen LogP contribution is 2.21. The number of benzene rings is 1. The van der Waals surface area contributed by atoms with E-state index in [1.54, 1.807) is 35.4 Å². The summed E-state index contributed by atoms with van der Waals surface area (Å²) in [6.45, 7) is 4.93. The monoisotopic (exact) mass is 300 g/mol. The number of aromatic nitrogens is 1. The van der Waals surface area contributed by atoms with Crippen LogP contribution in [0.25, 0.3) is 0 Å². The molecule has 1 amide bonds. The lowest BCUT2D eigenvalue weighted by atomic mass is 10.1. The summed E-state index contributed by atoms with van der Waals surface area (Å²) in [5.74, 6) is -0.754. The normalized spacial score (nSPS) is 11.7. The molecule has 1 N–H and O–H groups in total. The van der Waals surface area contributed by atoms with Crippen molar-refractivity contribution in [2.24, 2.45) is 0 Å². The van der Waals surface area contributed by atoms with Gasteiger partial charge in [-0.3, -0.25) is 4.79 Å². The van der Waals surface area contributed by atoms with Crippen molar-refractivity contribution < 1.29 is 14.3 Å². The molecule has 5 nitrogen and oxygen atoms in total. The molecule has 0 unspecified atom stereocenters. The maximum Gasteiger partial charge on any atom is 0.355 e. The Balaban J connectivity index is 2.26. The van der Waals surface area contributed by atoms with E-state index in [2.05, 4.69) is 4.98 Å². The topological polar surface area (TPSA) is 62.4 Å². The molecule has 0 aliphatic heterocycles. The summed E-state index contributed by atoms with van der Waals surface area (Å²) < 4.78 is 5.47. The van der Waals surface area contributed by atoms with Gasteiger partial charge in [0.1, 0.15) is 5.69 Å². The molecule has 1 aromatic carbocycles. The van der Waals surface area contributed by atoms with Crippen molar-refractivity contribution in [3.05, 3.63) is 59.9 Å². The molecule has 0 fully saturated rings. The number of hydrogen-bond acceptors (Lipinski definition) is 3. The van der Waals surface area contributed by atoms with Crippen molar-refractivity contribution in [1.82, 2.24) is 9.88 Å². The van der Waals surface area contributed by atoms with Gasteiger partial charge in [0.2, 0.25) is 6.10 Å². The Kier molecular flexibility index (Phi) is 5.36. The minimum Gasteiger partial charge on any atom is -0.443 e. The van der Waals surface area contributed by atoms with Gasteiger partial charge in [0.05, 0.1) is 0 Å². The smallest absolute Gasteiger partial charge is 0.355 e.